The molecule has 0 atom stereocenters. The molecule has 1 N–H and O–H groups in total. The summed E-state index contributed by atoms with van der Waals surface area (Å²) in [5.41, 5.74) is -0.0737. The van der Waals surface area contributed by atoms with Gasteiger partial charge in [0.1, 0.15) is 11.6 Å². The maximum Gasteiger partial charge on any atom is 0.131 e. The smallest absolute Gasteiger partial charge is 0.131 e. The third-order valence-electron chi connectivity index (χ3n) is 2.30. The molecule has 0 saturated heterocycles. The topological polar surface area (TPSA) is 45.0 Å². The second-order valence-electron chi connectivity index (χ2n) is 4.13. The Kier molecular flexibility index (Phi) is 5.69. The van der Waals surface area contributed by atoms with Crippen LogP contribution in [0.1, 0.15) is 25.0 Å². The summed E-state index contributed by atoms with van der Waals surface area (Å²) < 4.78 is 32.2. The molecule has 98 valence electrons. The van der Waals surface area contributed by atoms with Crippen LogP contribution in [0.4, 0.5) is 8.78 Å². The van der Waals surface area contributed by atoms with Crippen molar-refractivity contribution in [3.05, 3.63) is 34.9 Å². The minimum Gasteiger partial charge on any atom is -0.377 e. The van der Waals surface area contributed by atoms with Gasteiger partial charge in [-0.05, 0) is 26.0 Å². The summed E-state index contributed by atoms with van der Waals surface area (Å²) in [4.78, 5) is 0. The second kappa shape index (κ2) is 7.04. The number of hydrogen-bond donors (Lipinski definition) is 1. The van der Waals surface area contributed by atoms with Crippen molar-refractivity contribution in [1.82, 2.24) is 5.32 Å². The van der Waals surface area contributed by atoms with Crippen LogP contribution in [0.3, 0.4) is 0 Å². The number of nitriles is 1. The van der Waals surface area contributed by atoms with Gasteiger partial charge in [-0.1, -0.05) is 0 Å². The number of halogens is 2. The van der Waals surface area contributed by atoms with E-state index in [9.17, 15) is 8.78 Å². The zero-order valence-corrected chi connectivity index (χ0v) is 10.5. The molecule has 1 rings (SSSR count). The van der Waals surface area contributed by atoms with Crippen molar-refractivity contribution < 1.29 is 13.5 Å². The summed E-state index contributed by atoms with van der Waals surface area (Å²) in [6, 6.07) is 3.77. The monoisotopic (exact) mass is 254 g/mol. The average molecular weight is 254 g/mol. The van der Waals surface area contributed by atoms with Gasteiger partial charge in [0.15, 0.2) is 0 Å². The van der Waals surface area contributed by atoms with Crippen molar-refractivity contribution in [2.75, 3.05) is 13.2 Å². The first-order valence-electron chi connectivity index (χ1n) is 5.75. The molecule has 1 aromatic carbocycles. The van der Waals surface area contributed by atoms with Crippen LogP contribution in [0, 0.1) is 23.0 Å². The summed E-state index contributed by atoms with van der Waals surface area (Å²) in [6.45, 7) is 4.90. The number of benzene rings is 1. The van der Waals surface area contributed by atoms with Crippen LogP contribution in [0.15, 0.2) is 12.1 Å². The van der Waals surface area contributed by atoms with Gasteiger partial charge in [0.2, 0.25) is 0 Å². The Balaban J connectivity index is 2.50. The molecular formula is C13H16F2N2O. The highest BCUT2D eigenvalue weighted by Gasteiger charge is 2.10. The normalized spacial score (nSPS) is 10.7. The number of rotatable bonds is 6. The first kappa shape index (κ1) is 14.6. The molecule has 5 heteroatoms. The highest BCUT2D eigenvalue weighted by molar-refractivity contribution is 5.34. The van der Waals surface area contributed by atoms with Gasteiger partial charge in [0.05, 0.1) is 24.3 Å². The summed E-state index contributed by atoms with van der Waals surface area (Å²) in [5, 5.41) is 11.4. The lowest BCUT2D eigenvalue weighted by molar-refractivity contribution is 0.0806. The second-order valence-corrected chi connectivity index (χ2v) is 4.13. The van der Waals surface area contributed by atoms with Gasteiger partial charge in [0, 0.05) is 18.7 Å². The highest BCUT2D eigenvalue weighted by atomic mass is 19.1. The molecule has 0 aliphatic rings. The average Bonchev–Trinajstić information content (AvgIpc) is 2.31. The van der Waals surface area contributed by atoms with Gasteiger partial charge >= 0.3 is 0 Å². The summed E-state index contributed by atoms with van der Waals surface area (Å²) in [7, 11) is 0. The van der Waals surface area contributed by atoms with Crippen LogP contribution in [0.25, 0.3) is 0 Å². The molecule has 0 saturated carbocycles. The van der Waals surface area contributed by atoms with Crippen molar-refractivity contribution >= 4 is 0 Å². The van der Waals surface area contributed by atoms with Crippen LogP contribution in [0.2, 0.25) is 0 Å². The molecule has 0 aromatic heterocycles. The standard InChI is InChI=1S/C13H16F2N2O/c1-9(2)18-4-3-17-8-11-12(14)5-10(7-16)6-13(11)15/h5-6,9,17H,3-4,8H2,1-2H3. The van der Waals surface area contributed by atoms with Gasteiger partial charge in [-0.25, -0.2) is 8.78 Å². The Morgan fingerprint density at radius 1 is 1.33 bits per heavy atom. The quantitative estimate of drug-likeness (QED) is 0.792. The van der Waals surface area contributed by atoms with E-state index in [1.165, 1.54) is 0 Å². The minimum atomic E-state index is -0.705. The van der Waals surface area contributed by atoms with E-state index in [1.54, 1.807) is 6.07 Å². The number of hydrogen-bond acceptors (Lipinski definition) is 3. The van der Waals surface area contributed by atoms with E-state index in [0.29, 0.717) is 13.2 Å². The maximum absolute atomic E-state index is 13.5. The van der Waals surface area contributed by atoms with Gasteiger partial charge in [-0.2, -0.15) is 5.26 Å². The van der Waals surface area contributed by atoms with E-state index in [2.05, 4.69) is 5.32 Å². The Labute approximate surface area is 105 Å². The lowest BCUT2D eigenvalue weighted by Gasteiger charge is -2.09. The zero-order valence-electron chi connectivity index (χ0n) is 10.5. The molecule has 0 heterocycles. The minimum absolute atomic E-state index is 0.0168. The maximum atomic E-state index is 13.5. The first-order chi connectivity index (χ1) is 8.54. The first-order valence-corrected chi connectivity index (χ1v) is 5.75. The molecule has 0 radical (unpaired) electrons. The molecule has 0 amide bonds. The zero-order chi connectivity index (χ0) is 13.5. The van der Waals surface area contributed by atoms with Crippen LogP contribution in [0.5, 0.6) is 0 Å². The Morgan fingerprint density at radius 2 is 1.94 bits per heavy atom. The fraction of sp³-hybridized carbons (Fsp3) is 0.462. The van der Waals surface area contributed by atoms with Gasteiger partial charge in [-0.15, -0.1) is 0 Å². The van der Waals surface area contributed by atoms with Gasteiger partial charge in [-0.3, -0.25) is 0 Å². The van der Waals surface area contributed by atoms with Crippen molar-refractivity contribution in [1.29, 1.82) is 5.26 Å². The predicted molar refractivity (Wildman–Crippen MR) is 63.9 cm³/mol. The molecule has 18 heavy (non-hydrogen) atoms. The van der Waals surface area contributed by atoms with Gasteiger partial charge < -0.3 is 10.1 Å². The van der Waals surface area contributed by atoms with Crippen LogP contribution >= 0.6 is 0 Å². The van der Waals surface area contributed by atoms with Crippen molar-refractivity contribution in [3.63, 3.8) is 0 Å². The summed E-state index contributed by atoms with van der Waals surface area (Å²) in [5.74, 6) is -1.41. The van der Waals surface area contributed by atoms with Crippen LogP contribution < -0.4 is 5.32 Å². The molecule has 0 spiro atoms. The third-order valence-corrected chi connectivity index (χ3v) is 2.30. The molecule has 0 aliphatic heterocycles. The summed E-state index contributed by atoms with van der Waals surface area (Å²) in [6.07, 6.45) is 0.134. The van der Waals surface area contributed by atoms with E-state index in [0.717, 1.165) is 12.1 Å². The lowest BCUT2D eigenvalue weighted by atomic mass is 10.1. The van der Waals surface area contributed by atoms with Crippen molar-refractivity contribution in [2.45, 2.75) is 26.5 Å². The van der Waals surface area contributed by atoms with Crippen LogP contribution in [-0.2, 0) is 11.3 Å². The van der Waals surface area contributed by atoms with Crippen molar-refractivity contribution in [3.8, 4) is 6.07 Å². The van der Waals surface area contributed by atoms with E-state index in [4.69, 9.17) is 10.00 Å². The van der Waals surface area contributed by atoms with Crippen LogP contribution in [-0.4, -0.2) is 19.3 Å². The Morgan fingerprint density at radius 3 is 2.44 bits per heavy atom. The Hall–Kier alpha value is -1.51. The molecule has 1 aromatic rings. The lowest BCUT2D eigenvalue weighted by Crippen LogP contribution is -2.22. The third kappa shape index (κ3) is 4.40. The number of nitrogens with one attached hydrogen (secondary N) is 1. The summed E-state index contributed by atoms with van der Waals surface area (Å²) >= 11 is 0. The molecule has 0 fully saturated rings. The van der Waals surface area contributed by atoms with E-state index < -0.39 is 11.6 Å². The van der Waals surface area contributed by atoms with E-state index in [1.807, 2.05) is 13.8 Å². The van der Waals surface area contributed by atoms with E-state index >= 15 is 0 Å². The SMILES string of the molecule is CC(C)OCCNCc1c(F)cc(C#N)cc1F. The molecule has 3 nitrogen and oxygen atoms in total. The number of ether oxygens (including phenoxy) is 1. The predicted octanol–water partition coefficient (Wildman–Crippen LogP) is 2.35. The van der Waals surface area contributed by atoms with E-state index in [-0.39, 0.29) is 23.8 Å². The molecule has 0 unspecified atom stereocenters. The Bertz CT molecular complexity index is 418. The number of nitrogens with zero attached hydrogens (tertiary/aromatic N) is 1. The highest BCUT2D eigenvalue weighted by Crippen LogP contribution is 2.14. The fourth-order valence-electron chi connectivity index (χ4n) is 1.42. The van der Waals surface area contributed by atoms with Gasteiger partial charge in [0.25, 0.3) is 0 Å². The molecular weight excluding hydrogens is 238 g/mol. The van der Waals surface area contributed by atoms with Crippen molar-refractivity contribution in [2.24, 2.45) is 0 Å². The molecule has 0 bridgehead atoms. The molecule has 0 aliphatic carbocycles. The fourth-order valence-corrected chi connectivity index (χ4v) is 1.42. The largest absolute Gasteiger partial charge is 0.377 e.